The maximum Gasteiger partial charge on any atom is 0.0336 e. The van der Waals surface area contributed by atoms with Crippen LogP contribution in [0.2, 0.25) is 0 Å². The molecule has 0 amide bonds. The van der Waals surface area contributed by atoms with Crippen molar-refractivity contribution in [3.8, 4) is 0 Å². The zero-order valence-corrected chi connectivity index (χ0v) is 6.54. The van der Waals surface area contributed by atoms with Gasteiger partial charge in [-0.3, -0.25) is 4.21 Å². The SMILES string of the molecule is C=S(C)(=O)CC1(N)CC1. The van der Waals surface area contributed by atoms with Gasteiger partial charge in [0.15, 0.2) is 0 Å². The highest BCUT2D eigenvalue weighted by molar-refractivity contribution is 7.99. The summed E-state index contributed by atoms with van der Waals surface area (Å²) < 4.78 is 11.1. The zero-order chi connectivity index (χ0) is 7.12. The summed E-state index contributed by atoms with van der Waals surface area (Å²) in [4.78, 5) is 0. The Morgan fingerprint density at radius 1 is 1.78 bits per heavy atom. The molecule has 0 aromatic heterocycles. The molecule has 0 aliphatic heterocycles. The van der Waals surface area contributed by atoms with Crippen LogP contribution in [0.3, 0.4) is 0 Å². The minimum atomic E-state index is -1.84. The van der Waals surface area contributed by atoms with Crippen LogP contribution < -0.4 is 5.73 Å². The zero-order valence-electron chi connectivity index (χ0n) is 5.72. The van der Waals surface area contributed by atoms with Crippen LogP contribution >= 0.6 is 0 Å². The summed E-state index contributed by atoms with van der Waals surface area (Å²) in [7, 11) is -1.84. The Balaban J connectivity index is 2.53. The van der Waals surface area contributed by atoms with Gasteiger partial charge in [-0.25, -0.2) is 0 Å². The van der Waals surface area contributed by atoms with Gasteiger partial charge in [-0.2, -0.15) is 0 Å². The average Bonchev–Trinajstić information content (AvgIpc) is 2.12. The molecule has 1 atom stereocenters. The van der Waals surface area contributed by atoms with Crippen LogP contribution in [0, 0.1) is 0 Å². The smallest absolute Gasteiger partial charge is 0.0336 e. The molecule has 0 aromatic carbocycles. The molecule has 0 aromatic rings. The first-order chi connectivity index (χ1) is 3.91. The molecular formula is C6H13NOS. The van der Waals surface area contributed by atoms with Crippen LogP contribution in [0.1, 0.15) is 12.8 Å². The molecule has 1 fully saturated rings. The van der Waals surface area contributed by atoms with E-state index in [0.29, 0.717) is 5.75 Å². The standard InChI is InChI=1S/C6H13NOS/c1-9(2,8)5-6(7)3-4-6/h1,3-5,7H2,2H3. The monoisotopic (exact) mass is 147 g/mol. The molecule has 1 rings (SSSR count). The molecule has 1 unspecified atom stereocenters. The van der Waals surface area contributed by atoms with E-state index in [9.17, 15) is 4.21 Å². The summed E-state index contributed by atoms with van der Waals surface area (Å²) in [6.45, 7) is 0. The summed E-state index contributed by atoms with van der Waals surface area (Å²) in [6.07, 6.45) is 3.71. The van der Waals surface area contributed by atoms with Crippen molar-refractivity contribution in [3.63, 3.8) is 0 Å². The van der Waals surface area contributed by atoms with Gasteiger partial charge in [0.2, 0.25) is 0 Å². The molecule has 2 nitrogen and oxygen atoms in total. The normalized spacial score (nSPS) is 29.1. The minimum absolute atomic E-state index is 0.104. The lowest BCUT2D eigenvalue weighted by atomic mass is 10.4. The van der Waals surface area contributed by atoms with Crippen LogP contribution in [0.25, 0.3) is 0 Å². The van der Waals surface area contributed by atoms with Crippen molar-refractivity contribution in [1.82, 2.24) is 0 Å². The van der Waals surface area contributed by atoms with Crippen molar-refractivity contribution in [3.05, 3.63) is 0 Å². The van der Waals surface area contributed by atoms with Crippen molar-refractivity contribution in [2.24, 2.45) is 5.73 Å². The van der Waals surface area contributed by atoms with E-state index in [-0.39, 0.29) is 5.54 Å². The van der Waals surface area contributed by atoms with Crippen LogP contribution in [0.4, 0.5) is 0 Å². The Morgan fingerprint density at radius 3 is 2.33 bits per heavy atom. The molecule has 2 N–H and O–H groups in total. The van der Waals surface area contributed by atoms with E-state index in [1.165, 1.54) is 0 Å². The molecule has 0 radical (unpaired) electrons. The van der Waals surface area contributed by atoms with E-state index in [2.05, 4.69) is 5.87 Å². The number of hydrogen-bond acceptors (Lipinski definition) is 2. The minimum Gasteiger partial charge on any atom is -0.324 e. The third kappa shape index (κ3) is 2.37. The molecule has 1 aliphatic carbocycles. The first-order valence-corrected chi connectivity index (χ1v) is 5.31. The summed E-state index contributed by atoms with van der Waals surface area (Å²) >= 11 is 0. The Labute approximate surface area is 56.4 Å². The van der Waals surface area contributed by atoms with E-state index in [1.807, 2.05) is 0 Å². The van der Waals surface area contributed by atoms with Crippen molar-refractivity contribution >= 4 is 15.4 Å². The van der Waals surface area contributed by atoms with Gasteiger partial charge in [0, 0.05) is 17.5 Å². The quantitative estimate of drug-likeness (QED) is 0.551. The van der Waals surface area contributed by atoms with Gasteiger partial charge in [0.25, 0.3) is 0 Å². The van der Waals surface area contributed by atoms with E-state index >= 15 is 0 Å². The van der Waals surface area contributed by atoms with E-state index in [4.69, 9.17) is 5.73 Å². The lowest BCUT2D eigenvalue weighted by molar-refractivity contribution is 0.671. The van der Waals surface area contributed by atoms with Crippen LogP contribution in [0.15, 0.2) is 0 Å². The fourth-order valence-corrected chi connectivity index (χ4v) is 2.42. The second kappa shape index (κ2) is 1.73. The van der Waals surface area contributed by atoms with Crippen LogP contribution in [0.5, 0.6) is 0 Å². The molecule has 0 spiro atoms. The van der Waals surface area contributed by atoms with Crippen molar-refractivity contribution in [2.75, 3.05) is 12.0 Å². The highest BCUT2D eigenvalue weighted by atomic mass is 32.2. The molecule has 0 heterocycles. The number of hydrogen-bond donors (Lipinski definition) is 1. The fourth-order valence-electron chi connectivity index (χ4n) is 0.913. The molecule has 3 heteroatoms. The topological polar surface area (TPSA) is 43.1 Å². The molecule has 0 saturated heterocycles. The Bertz CT molecular complexity index is 201. The van der Waals surface area contributed by atoms with Gasteiger partial charge in [-0.05, 0) is 28.2 Å². The van der Waals surface area contributed by atoms with Gasteiger partial charge in [-0.1, -0.05) is 0 Å². The molecule has 54 valence electrons. The molecule has 0 bridgehead atoms. The molecule has 1 saturated carbocycles. The summed E-state index contributed by atoms with van der Waals surface area (Å²) in [5, 5.41) is 0. The highest BCUT2D eigenvalue weighted by Gasteiger charge is 2.39. The van der Waals surface area contributed by atoms with E-state index in [0.717, 1.165) is 12.8 Å². The van der Waals surface area contributed by atoms with Gasteiger partial charge < -0.3 is 5.73 Å². The van der Waals surface area contributed by atoms with Gasteiger partial charge >= 0.3 is 0 Å². The fraction of sp³-hybridized carbons (Fsp3) is 0.833. The maximum absolute atomic E-state index is 11.1. The summed E-state index contributed by atoms with van der Waals surface area (Å²) in [6, 6.07) is 0. The Hall–Kier alpha value is -0.0200. The molecule has 9 heavy (non-hydrogen) atoms. The number of rotatable bonds is 2. The lowest BCUT2D eigenvalue weighted by Crippen LogP contribution is -2.30. The van der Waals surface area contributed by atoms with Gasteiger partial charge in [0.1, 0.15) is 0 Å². The van der Waals surface area contributed by atoms with Crippen molar-refractivity contribution in [1.29, 1.82) is 0 Å². The van der Waals surface area contributed by atoms with E-state index in [1.54, 1.807) is 6.26 Å². The first-order valence-electron chi connectivity index (χ1n) is 3.00. The predicted molar refractivity (Wildman–Crippen MR) is 42.2 cm³/mol. The van der Waals surface area contributed by atoms with E-state index < -0.39 is 9.52 Å². The number of nitrogens with two attached hydrogens (primary N) is 1. The Kier molecular flexibility index (Phi) is 1.37. The second-order valence-corrected chi connectivity index (χ2v) is 5.85. The molecular weight excluding hydrogens is 134 g/mol. The molecule has 1 aliphatic rings. The van der Waals surface area contributed by atoms with Crippen LogP contribution in [-0.4, -0.2) is 27.6 Å². The maximum atomic E-state index is 11.1. The summed E-state index contributed by atoms with van der Waals surface area (Å²) in [5.74, 6) is 4.14. The second-order valence-electron chi connectivity index (χ2n) is 3.19. The van der Waals surface area contributed by atoms with Crippen LogP contribution in [-0.2, 0) is 9.52 Å². The third-order valence-electron chi connectivity index (χ3n) is 1.49. The summed E-state index contributed by atoms with van der Waals surface area (Å²) in [5.41, 5.74) is 5.61. The third-order valence-corrected chi connectivity index (χ3v) is 2.67. The highest BCUT2D eigenvalue weighted by Crippen LogP contribution is 2.33. The van der Waals surface area contributed by atoms with Gasteiger partial charge in [0.05, 0.1) is 0 Å². The largest absolute Gasteiger partial charge is 0.324 e. The average molecular weight is 147 g/mol. The lowest BCUT2D eigenvalue weighted by Gasteiger charge is -2.07. The van der Waals surface area contributed by atoms with Crippen molar-refractivity contribution < 1.29 is 4.21 Å². The predicted octanol–water partition coefficient (Wildman–Crippen LogP) is -0.176. The first kappa shape index (κ1) is 7.09. The Morgan fingerprint density at radius 2 is 2.22 bits per heavy atom. The van der Waals surface area contributed by atoms with Gasteiger partial charge in [-0.15, -0.1) is 0 Å². The van der Waals surface area contributed by atoms with Crippen molar-refractivity contribution in [2.45, 2.75) is 18.4 Å².